The van der Waals surface area contributed by atoms with Gasteiger partial charge in [0.2, 0.25) is 11.8 Å². The van der Waals surface area contributed by atoms with Crippen LogP contribution in [0.2, 0.25) is 0 Å². The van der Waals surface area contributed by atoms with Crippen LogP contribution in [0.5, 0.6) is 0 Å². The number of hydrogen-bond acceptors (Lipinski definition) is 3. The summed E-state index contributed by atoms with van der Waals surface area (Å²) in [6, 6.07) is 0.00329. The predicted octanol–water partition coefficient (Wildman–Crippen LogP) is 0.801. The topological polar surface area (TPSA) is 81.8 Å². The molecule has 1 aliphatic rings. The fourth-order valence-electron chi connectivity index (χ4n) is 2.54. The summed E-state index contributed by atoms with van der Waals surface area (Å²) in [6.07, 6.45) is 2.56. The average molecular weight is 326 g/mol. The van der Waals surface area contributed by atoms with E-state index in [2.05, 4.69) is 10.6 Å². The van der Waals surface area contributed by atoms with Gasteiger partial charge in [-0.25, -0.2) is 4.79 Å². The van der Waals surface area contributed by atoms with E-state index in [-0.39, 0.29) is 36.2 Å². The summed E-state index contributed by atoms with van der Waals surface area (Å²) in [5, 5.41) is 5.64. The zero-order chi connectivity index (χ0) is 17.4. The van der Waals surface area contributed by atoms with Crippen molar-refractivity contribution in [3.63, 3.8) is 0 Å². The van der Waals surface area contributed by atoms with Gasteiger partial charge in [-0.15, -0.1) is 0 Å². The van der Waals surface area contributed by atoms with E-state index in [9.17, 15) is 14.4 Å². The molecule has 7 nitrogen and oxygen atoms in total. The molecular formula is C16H30N4O3. The Bertz CT molecular complexity index is 418. The van der Waals surface area contributed by atoms with E-state index in [0.717, 1.165) is 6.42 Å². The monoisotopic (exact) mass is 326 g/mol. The zero-order valence-electron chi connectivity index (χ0n) is 14.7. The molecule has 1 heterocycles. The molecular weight excluding hydrogens is 296 g/mol. The van der Waals surface area contributed by atoms with E-state index in [0.29, 0.717) is 32.5 Å². The number of likely N-dealkylation sites (tertiary alicyclic amines) is 1. The lowest BCUT2D eigenvalue weighted by Gasteiger charge is -2.32. The third kappa shape index (κ3) is 6.46. The molecule has 1 rings (SSSR count). The molecule has 0 aromatic heterocycles. The van der Waals surface area contributed by atoms with Crippen LogP contribution in [0.3, 0.4) is 0 Å². The van der Waals surface area contributed by atoms with Crippen LogP contribution < -0.4 is 10.6 Å². The van der Waals surface area contributed by atoms with Crippen molar-refractivity contribution in [3.8, 4) is 0 Å². The summed E-state index contributed by atoms with van der Waals surface area (Å²) in [5.74, 6) is 0.0945. The largest absolute Gasteiger partial charge is 0.354 e. The maximum absolute atomic E-state index is 12.1. The molecule has 0 aromatic carbocycles. The van der Waals surface area contributed by atoms with E-state index >= 15 is 0 Å². The van der Waals surface area contributed by atoms with Crippen LogP contribution in [0.1, 0.15) is 39.5 Å². The lowest BCUT2D eigenvalue weighted by Crippen LogP contribution is -2.47. The second-order valence-corrected chi connectivity index (χ2v) is 6.35. The molecule has 0 bridgehead atoms. The van der Waals surface area contributed by atoms with Crippen molar-refractivity contribution in [2.75, 3.05) is 33.7 Å². The minimum atomic E-state index is -0.155. The highest BCUT2D eigenvalue weighted by molar-refractivity contribution is 5.80. The van der Waals surface area contributed by atoms with Gasteiger partial charge >= 0.3 is 6.03 Å². The van der Waals surface area contributed by atoms with Crippen LogP contribution in [-0.2, 0) is 9.59 Å². The van der Waals surface area contributed by atoms with Crippen molar-refractivity contribution in [3.05, 3.63) is 0 Å². The Labute approximate surface area is 138 Å². The maximum Gasteiger partial charge on any atom is 0.317 e. The molecule has 1 fully saturated rings. The normalized spacial score (nSPS) is 16.6. The van der Waals surface area contributed by atoms with Crippen molar-refractivity contribution in [2.45, 2.75) is 45.6 Å². The van der Waals surface area contributed by atoms with E-state index < -0.39 is 0 Å². The SMILES string of the molecule is CCC(C)NC(=O)CCNC(=O)N1CCC(C(=O)N(C)C)CC1. The van der Waals surface area contributed by atoms with Crippen molar-refractivity contribution in [1.29, 1.82) is 0 Å². The summed E-state index contributed by atoms with van der Waals surface area (Å²) in [6.45, 7) is 5.45. The highest BCUT2D eigenvalue weighted by Gasteiger charge is 2.28. The van der Waals surface area contributed by atoms with Crippen molar-refractivity contribution in [1.82, 2.24) is 20.4 Å². The molecule has 7 heteroatoms. The van der Waals surface area contributed by atoms with Crippen LogP contribution >= 0.6 is 0 Å². The van der Waals surface area contributed by atoms with Gasteiger partial charge in [0.05, 0.1) is 0 Å². The van der Waals surface area contributed by atoms with Gasteiger partial charge in [0.1, 0.15) is 0 Å². The minimum Gasteiger partial charge on any atom is -0.354 e. The number of piperidine rings is 1. The standard InChI is InChI=1S/C16H30N4O3/c1-5-12(2)18-14(21)6-9-17-16(23)20-10-7-13(8-11-20)15(22)19(3)4/h12-13H,5-11H2,1-4H3,(H,17,23)(H,18,21). The lowest BCUT2D eigenvalue weighted by molar-refractivity contribution is -0.134. The summed E-state index contributed by atoms with van der Waals surface area (Å²) < 4.78 is 0. The fraction of sp³-hybridized carbons (Fsp3) is 0.812. The second-order valence-electron chi connectivity index (χ2n) is 6.35. The maximum atomic E-state index is 12.1. The van der Waals surface area contributed by atoms with Gasteiger partial charge in [-0.3, -0.25) is 9.59 Å². The zero-order valence-corrected chi connectivity index (χ0v) is 14.7. The first kappa shape index (κ1) is 19.3. The van der Waals surface area contributed by atoms with Crippen molar-refractivity contribution < 1.29 is 14.4 Å². The molecule has 1 aliphatic heterocycles. The fourth-order valence-corrected chi connectivity index (χ4v) is 2.54. The van der Waals surface area contributed by atoms with E-state index in [1.807, 2.05) is 13.8 Å². The number of urea groups is 1. The first-order valence-electron chi connectivity index (χ1n) is 8.38. The number of hydrogen-bond donors (Lipinski definition) is 2. The number of amides is 4. The van der Waals surface area contributed by atoms with Gasteiger partial charge in [-0.2, -0.15) is 0 Å². The van der Waals surface area contributed by atoms with Crippen molar-refractivity contribution >= 4 is 17.8 Å². The molecule has 1 atom stereocenters. The summed E-state index contributed by atoms with van der Waals surface area (Å²) in [7, 11) is 3.51. The number of nitrogens with zero attached hydrogens (tertiary/aromatic N) is 2. The van der Waals surface area contributed by atoms with Gasteiger partial charge in [-0.1, -0.05) is 6.92 Å². The molecule has 23 heavy (non-hydrogen) atoms. The van der Waals surface area contributed by atoms with Crippen LogP contribution in [0.15, 0.2) is 0 Å². The summed E-state index contributed by atoms with van der Waals surface area (Å²) >= 11 is 0. The molecule has 0 saturated carbocycles. The number of carbonyl (C=O) groups is 3. The number of carbonyl (C=O) groups excluding carboxylic acids is 3. The van der Waals surface area contributed by atoms with Gasteiger partial charge in [0.25, 0.3) is 0 Å². The van der Waals surface area contributed by atoms with Gasteiger partial charge in [-0.05, 0) is 26.2 Å². The van der Waals surface area contributed by atoms with Gasteiger partial charge in [0, 0.05) is 52.1 Å². The lowest BCUT2D eigenvalue weighted by atomic mass is 9.96. The molecule has 0 spiro atoms. The van der Waals surface area contributed by atoms with Gasteiger partial charge in [0.15, 0.2) is 0 Å². The second kappa shape index (κ2) is 9.37. The molecule has 132 valence electrons. The predicted molar refractivity (Wildman–Crippen MR) is 88.9 cm³/mol. The molecule has 1 unspecified atom stereocenters. The summed E-state index contributed by atoms with van der Waals surface area (Å²) in [4.78, 5) is 38.9. The molecule has 4 amide bonds. The third-order valence-corrected chi connectivity index (χ3v) is 4.22. The average Bonchev–Trinajstić information content (AvgIpc) is 2.53. The Morgan fingerprint density at radius 3 is 2.35 bits per heavy atom. The Balaban J connectivity index is 2.24. The summed E-state index contributed by atoms with van der Waals surface area (Å²) in [5.41, 5.74) is 0. The molecule has 1 saturated heterocycles. The quantitative estimate of drug-likeness (QED) is 0.757. The van der Waals surface area contributed by atoms with Gasteiger partial charge < -0.3 is 20.4 Å². The Morgan fingerprint density at radius 2 is 1.83 bits per heavy atom. The molecule has 0 aliphatic carbocycles. The highest BCUT2D eigenvalue weighted by Crippen LogP contribution is 2.18. The molecule has 0 aromatic rings. The van der Waals surface area contributed by atoms with E-state index in [1.165, 1.54) is 0 Å². The number of nitrogens with one attached hydrogen (secondary N) is 2. The number of rotatable bonds is 6. The first-order chi connectivity index (χ1) is 10.8. The van der Waals surface area contributed by atoms with Crippen LogP contribution in [0, 0.1) is 5.92 Å². The minimum absolute atomic E-state index is 0.00959. The van der Waals surface area contributed by atoms with Crippen LogP contribution in [0.4, 0.5) is 4.79 Å². The Kier molecular flexibility index (Phi) is 7.85. The Morgan fingerprint density at radius 1 is 1.22 bits per heavy atom. The smallest absolute Gasteiger partial charge is 0.317 e. The van der Waals surface area contributed by atoms with E-state index in [1.54, 1.807) is 23.9 Å². The van der Waals surface area contributed by atoms with Crippen LogP contribution in [-0.4, -0.2) is 67.4 Å². The van der Waals surface area contributed by atoms with Crippen molar-refractivity contribution in [2.24, 2.45) is 5.92 Å². The highest BCUT2D eigenvalue weighted by atomic mass is 16.2. The van der Waals surface area contributed by atoms with Crippen LogP contribution in [0.25, 0.3) is 0 Å². The molecule has 0 radical (unpaired) electrons. The third-order valence-electron chi connectivity index (χ3n) is 4.22. The Hall–Kier alpha value is -1.79. The molecule has 2 N–H and O–H groups in total. The van der Waals surface area contributed by atoms with E-state index in [4.69, 9.17) is 0 Å². The first-order valence-corrected chi connectivity index (χ1v) is 8.38.